The van der Waals surface area contributed by atoms with Crippen LogP contribution in [-0.4, -0.2) is 41.8 Å². The van der Waals surface area contributed by atoms with Crippen molar-refractivity contribution in [1.82, 2.24) is 5.32 Å². The van der Waals surface area contributed by atoms with Crippen molar-refractivity contribution in [2.45, 2.75) is 30.8 Å². The predicted octanol–water partition coefficient (Wildman–Crippen LogP) is 0.306. The second kappa shape index (κ2) is 6.69. The summed E-state index contributed by atoms with van der Waals surface area (Å²) >= 11 is 0. The minimum atomic E-state index is -1.26. The Morgan fingerprint density at radius 2 is 1.90 bits per heavy atom. The summed E-state index contributed by atoms with van der Waals surface area (Å²) in [7, 11) is 0. The molecule has 0 aliphatic carbocycles. The molecule has 1 aliphatic heterocycles. The van der Waals surface area contributed by atoms with Crippen LogP contribution in [0.5, 0.6) is 0 Å². The van der Waals surface area contributed by atoms with Crippen LogP contribution < -0.4 is 11.1 Å². The van der Waals surface area contributed by atoms with E-state index < -0.39 is 23.5 Å². The molecule has 0 radical (unpaired) electrons. The van der Waals surface area contributed by atoms with E-state index in [0.29, 0.717) is 19.6 Å². The molecular weight excluding hydrogens is 272 g/mol. The predicted molar refractivity (Wildman–Crippen MR) is 76.7 cm³/mol. The first-order valence-electron chi connectivity index (χ1n) is 6.96. The Morgan fingerprint density at radius 1 is 1.29 bits per heavy atom. The zero-order valence-corrected chi connectivity index (χ0v) is 11.7. The van der Waals surface area contributed by atoms with Crippen molar-refractivity contribution in [1.29, 1.82) is 0 Å². The molecule has 0 aromatic heterocycles. The highest BCUT2D eigenvalue weighted by molar-refractivity contribution is 5.89. The number of carbonyl (C=O) groups is 2. The van der Waals surface area contributed by atoms with E-state index >= 15 is 0 Å². The number of carboxylic acid groups (broad SMARTS) is 1. The van der Waals surface area contributed by atoms with E-state index in [0.717, 1.165) is 5.56 Å². The SMILES string of the molecule is N[C@@H](Cc1ccccc1)C(=O)NC1(C(=O)O)CCOCC1. The van der Waals surface area contributed by atoms with Gasteiger partial charge in [0.2, 0.25) is 5.91 Å². The number of nitrogens with two attached hydrogens (primary N) is 1. The Hall–Kier alpha value is -1.92. The first kappa shape index (κ1) is 15.5. The van der Waals surface area contributed by atoms with Crippen LogP contribution in [0, 0.1) is 0 Å². The van der Waals surface area contributed by atoms with Crippen LogP contribution in [0.15, 0.2) is 30.3 Å². The molecule has 114 valence electrons. The van der Waals surface area contributed by atoms with Crippen molar-refractivity contribution in [3.8, 4) is 0 Å². The lowest BCUT2D eigenvalue weighted by Gasteiger charge is -2.34. The monoisotopic (exact) mass is 292 g/mol. The normalized spacial score (nSPS) is 18.7. The summed E-state index contributed by atoms with van der Waals surface area (Å²) in [5.41, 5.74) is 5.57. The first-order chi connectivity index (χ1) is 10.0. The van der Waals surface area contributed by atoms with Gasteiger partial charge in [0.05, 0.1) is 6.04 Å². The van der Waals surface area contributed by atoms with E-state index in [9.17, 15) is 14.7 Å². The van der Waals surface area contributed by atoms with Gasteiger partial charge >= 0.3 is 5.97 Å². The maximum Gasteiger partial charge on any atom is 0.329 e. The van der Waals surface area contributed by atoms with Crippen LogP contribution in [0.4, 0.5) is 0 Å². The lowest BCUT2D eigenvalue weighted by Crippen LogP contribution is -2.60. The third-order valence-corrected chi connectivity index (χ3v) is 3.75. The van der Waals surface area contributed by atoms with E-state index in [-0.39, 0.29) is 12.8 Å². The van der Waals surface area contributed by atoms with Gasteiger partial charge in [-0.2, -0.15) is 0 Å². The standard InChI is InChI=1S/C15H20N2O4/c16-12(10-11-4-2-1-3-5-11)13(18)17-15(14(19)20)6-8-21-9-7-15/h1-5,12H,6-10,16H2,(H,17,18)(H,19,20)/t12-/m0/s1. The molecule has 2 rings (SSSR count). The maximum atomic E-state index is 12.2. The molecule has 1 aliphatic rings. The molecule has 0 saturated carbocycles. The summed E-state index contributed by atoms with van der Waals surface area (Å²) in [4.78, 5) is 23.7. The molecule has 1 aromatic carbocycles. The average Bonchev–Trinajstić information content (AvgIpc) is 2.49. The fourth-order valence-electron chi connectivity index (χ4n) is 2.40. The Labute approximate surface area is 123 Å². The molecule has 4 N–H and O–H groups in total. The van der Waals surface area contributed by atoms with Crippen LogP contribution in [-0.2, 0) is 20.7 Å². The highest BCUT2D eigenvalue weighted by atomic mass is 16.5. The maximum absolute atomic E-state index is 12.2. The van der Waals surface area contributed by atoms with E-state index in [1.165, 1.54) is 0 Å². The van der Waals surface area contributed by atoms with Crippen LogP contribution in [0.3, 0.4) is 0 Å². The van der Waals surface area contributed by atoms with Gasteiger partial charge in [0.15, 0.2) is 0 Å². The third kappa shape index (κ3) is 3.80. The molecule has 1 amide bonds. The second-order valence-electron chi connectivity index (χ2n) is 5.29. The number of carbonyl (C=O) groups excluding carboxylic acids is 1. The molecule has 6 heteroatoms. The molecule has 6 nitrogen and oxygen atoms in total. The fraction of sp³-hybridized carbons (Fsp3) is 0.467. The largest absolute Gasteiger partial charge is 0.480 e. The molecular formula is C15H20N2O4. The second-order valence-corrected chi connectivity index (χ2v) is 5.29. The first-order valence-corrected chi connectivity index (χ1v) is 6.96. The van der Waals surface area contributed by atoms with Crippen LogP contribution >= 0.6 is 0 Å². The molecule has 21 heavy (non-hydrogen) atoms. The number of amides is 1. The van der Waals surface area contributed by atoms with Crippen LogP contribution in [0.25, 0.3) is 0 Å². The summed E-state index contributed by atoms with van der Waals surface area (Å²) in [6, 6.07) is 8.63. The molecule has 0 unspecified atom stereocenters. The van der Waals surface area contributed by atoms with E-state index in [1.54, 1.807) is 0 Å². The number of nitrogens with one attached hydrogen (secondary N) is 1. The molecule has 1 fully saturated rings. The summed E-state index contributed by atoms with van der Waals surface area (Å²) in [6.45, 7) is 0.640. The number of aliphatic carboxylic acids is 1. The molecule has 1 aromatic rings. The van der Waals surface area contributed by atoms with E-state index in [1.807, 2.05) is 30.3 Å². The topological polar surface area (TPSA) is 102 Å². The van der Waals surface area contributed by atoms with Gasteiger partial charge in [0, 0.05) is 26.1 Å². The van der Waals surface area contributed by atoms with Crippen molar-refractivity contribution in [2.24, 2.45) is 5.73 Å². The summed E-state index contributed by atoms with van der Waals surface area (Å²) in [6.07, 6.45) is 0.886. The highest BCUT2D eigenvalue weighted by Crippen LogP contribution is 2.21. The van der Waals surface area contributed by atoms with Gasteiger partial charge < -0.3 is 20.9 Å². The van der Waals surface area contributed by atoms with Gasteiger partial charge in [0.1, 0.15) is 5.54 Å². The molecule has 1 atom stereocenters. The Balaban J connectivity index is 2.00. The molecule has 1 saturated heterocycles. The summed E-state index contributed by atoms with van der Waals surface area (Å²) < 4.78 is 5.17. The minimum Gasteiger partial charge on any atom is -0.480 e. The lowest BCUT2D eigenvalue weighted by molar-refractivity contribution is -0.152. The van der Waals surface area contributed by atoms with Crippen molar-refractivity contribution < 1.29 is 19.4 Å². The smallest absolute Gasteiger partial charge is 0.329 e. The van der Waals surface area contributed by atoms with Gasteiger partial charge in [-0.25, -0.2) is 4.79 Å². The summed E-state index contributed by atoms with van der Waals surface area (Å²) in [5, 5.41) is 12.0. The van der Waals surface area contributed by atoms with Gasteiger partial charge in [0.25, 0.3) is 0 Å². The van der Waals surface area contributed by atoms with Crippen LogP contribution in [0.2, 0.25) is 0 Å². The zero-order chi connectivity index (χ0) is 15.3. The fourth-order valence-corrected chi connectivity index (χ4v) is 2.40. The Bertz CT molecular complexity index is 498. The van der Waals surface area contributed by atoms with Gasteiger partial charge in [-0.15, -0.1) is 0 Å². The quantitative estimate of drug-likeness (QED) is 0.725. The Kier molecular flexibility index (Phi) is 4.93. The zero-order valence-electron chi connectivity index (χ0n) is 11.7. The minimum absolute atomic E-state index is 0.256. The average molecular weight is 292 g/mol. The molecule has 0 bridgehead atoms. The number of hydrogen-bond donors (Lipinski definition) is 3. The van der Waals surface area contributed by atoms with E-state index in [4.69, 9.17) is 10.5 Å². The third-order valence-electron chi connectivity index (χ3n) is 3.75. The van der Waals surface area contributed by atoms with Crippen molar-refractivity contribution in [3.63, 3.8) is 0 Å². The van der Waals surface area contributed by atoms with Crippen molar-refractivity contribution >= 4 is 11.9 Å². The Morgan fingerprint density at radius 3 is 2.48 bits per heavy atom. The highest BCUT2D eigenvalue weighted by Gasteiger charge is 2.42. The van der Waals surface area contributed by atoms with Crippen molar-refractivity contribution in [3.05, 3.63) is 35.9 Å². The number of hydrogen-bond acceptors (Lipinski definition) is 4. The van der Waals surface area contributed by atoms with Gasteiger partial charge in [-0.05, 0) is 12.0 Å². The lowest BCUT2D eigenvalue weighted by atomic mass is 9.89. The van der Waals surface area contributed by atoms with Crippen LogP contribution in [0.1, 0.15) is 18.4 Å². The molecule has 0 spiro atoms. The number of benzene rings is 1. The number of carboxylic acids is 1. The summed E-state index contributed by atoms with van der Waals surface area (Å²) in [5.74, 6) is -1.48. The van der Waals surface area contributed by atoms with Gasteiger partial charge in [-0.1, -0.05) is 30.3 Å². The van der Waals surface area contributed by atoms with E-state index in [2.05, 4.69) is 5.32 Å². The number of ether oxygens (including phenoxy) is 1. The van der Waals surface area contributed by atoms with Crippen molar-refractivity contribution in [2.75, 3.05) is 13.2 Å². The van der Waals surface area contributed by atoms with Gasteiger partial charge in [-0.3, -0.25) is 4.79 Å². The number of rotatable bonds is 5. The molecule has 1 heterocycles.